The van der Waals surface area contributed by atoms with E-state index in [4.69, 9.17) is 9.84 Å². The number of ether oxygens (including phenoxy) is 1. The first kappa shape index (κ1) is 15.0. The third-order valence-electron chi connectivity index (χ3n) is 3.52. The molecule has 1 N–H and O–H groups in total. The van der Waals surface area contributed by atoms with E-state index in [0.717, 1.165) is 25.9 Å². The highest BCUT2D eigenvalue weighted by molar-refractivity contribution is 5.78. The lowest BCUT2D eigenvalue weighted by Crippen LogP contribution is -2.43. The van der Waals surface area contributed by atoms with Gasteiger partial charge < -0.3 is 14.7 Å². The molecule has 0 saturated carbocycles. The molecule has 0 aromatic carbocycles. The molecule has 1 aliphatic heterocycles. The summed E-state index contributed by atoms with van der Waals surface area (Å²) in [5.41, 5.74) is 0.287. The number of hydrogen-bond donors (Lipinski definition) is 1. The van der Waals surface area contributed by atoms with E-state index in [0.29, 0.717) is 5.92 Å². The number of carbonyl (C=O) groups excluding carboxylic acids is 1. The van der Waals surface area contributed by atoms with Crippen LogP contribution in [0.15, 0.2) is 0 Å². The molecule has 0 unspecified atom stereocenters. The number of carbonyl (C=O) groups is 2. The van der Waals surface area contributed by atoms with E-state index in [1.807, 2.05) is 0 Å². The zero-order valence-electron chi connectivity index (χ0n) is 11.4. The zero-order valence-corrected chi connectivity index (χ0v) is 11.4. The summed E-state index contributed by atoms with van der Waals surface area (Å²) in [6.07, 6.45) is 2.02. The van der Waals surface area contributed by atoms with Crippen molar-refractivity contribution in [2.75, 3.05) is 26.3 Å². The Morgan fingerprint density at radius 2 is 1.78 bits per heavy atom. The molecule has 1 saturated heterocycles. The highest BCUT2D eigenvalue weighted by Crippen LogP contribution is 2.34. The van der Waals surface area contributed by atoms with Gasteiger partial charge in [0, 0.05) is 13.1 Å². The summed E-state index contributed by atoms with van der Waals surface area (Å²) in [4.78, 5) is 23.8. The van der Waals surface area contributed by atoms with Crippen molar-refractivity contribution in [3.05, 3.63) is 0 Å². The van der Waals surface area contributed by atoms with Crippen LogP contribution >= 0.6 is 0 Å². The second-order valence-corrected chi connectivity index (χ2v) is 5.91. The van der Waals surface area contributed by atoms with Crippen LogP contribution < -0.4 is 0 Å². The molecule has 0 aliphatic carbocycles. The molecule has 0 radical (unpaired) electrons. The largest absolute Gasteiger partial charge is 0.480 e. The van der Waals surface area contributed by atoms with Crippen LogP contribution in [-0.2, 0) is 14.3 Å². The Bertz CT molecular complexity index is 301. The van der Waals surface area contributed by atoms with Crippen molar-refractivity contribution in [3.8, 4) is 0 Å². The van der Waals surface area contributed by atoms with Gasteiger partial charge in [0.25, 0.3) is 0 Å². The van der Waals surface area contributed by atoms with Gasteiger partial charge in [-0.05, 0) is 24.2 Å². The van der Waals surface area contributed by atoms with E-state index < -0.39 is 12.6 Å². The average molecular weight is 257 g/mol. The fraction of sp³-hybridized carbons (Fsp3) is 0.846. The lowest BCUT2D eigenvalue weighted by Gasteiger charge is -2.38. The number of nitrogens with zero attached hydrogens (tertiary/aromatic N) is 1. The lowest BCUT2D eigenvalue weighted by atomic mass is 9.75. The van der Waals surface area contributed by atoms with Gasteiger partial charge in [-0.2, -0.15) is 0 Å². The highest BCUT2D eigenvalue weighted by Gasteiger charge is 2.30. The van der Waals surface area contributed by atoms with Gasteiger partial charge in [0.15, 0.2) is 0 Å². The molecule has 1 amide bonds. The van der Waals surface area contributed by atoms with Crippen LogP contribution in [0.1, 0.15) is 33.6 Å². The zero-order chi connectivity index (χ0) is 13.8. The van der Waals surface area contributed by atoms with Crippen molar-refractivity contribution < 1.29 is 19.4 Å². The van der Waals surface area contributed by atoms with E-state index >= 15 is 0 Å². The van der Waals surface area contributed by atoms with Gasteiger partial charge in [-0.15, -0.1) is 0 Å². The number of piperidine rings is 1. The monoisotopic (exact) mass is 257 g/mol. The molecule has 0 aromatic rings. The molecule has 18 heavy (non-hydrogen) atoms. The van der Waals surface area contributed by atoms with Crippen molar-refractivity contribution in [1.29, 1.82) is 0 Å². The van der Waals surface area contributed by atoms with Gasteiger partial charge in [-0.25, -0.2) is 4.79 Å². The van der Waals surface area contributed by atoms with Crippen LogP contribution in [0, 0.1) is 11.3 Å². The molecule has 1 aliphatic rings. The number of aliphatic carboxylic acids is 1. The fourth-order valence-corrected chi connectivity index (χ4v) is 2.31. The maximum atomic E-state index is 11.7. The van der Waals surface area contributed by atoms with Crippen molar-refractivity contribution in [2.45, 2.75) is 33.6 Å². The average Bonchev–Trinajstić information content (AvgIpc) is 2.27. The number of carboxylic acids is 1. The van der Waals surface area contributed by atoms with Crippen LogP contribution in [0.3, 0.4) is 0 Å². The minimum Gasteiger partial charge on any atom is -0.480 e. The first-order chi connectivity index (χ1) is 8.30. The topological polar surface area (TPSA) is 66.8 Å². The maximum Gasteiger partial charge on any atom is 0.329 e. The second kappa shape index (κ2) is 6.18. The minimum atomic E-state index is -1.05. The maximum absolute atomic E-state index is 11.7. The third-order valence-corrected chi connectivity index (χ3v) is 3.52. The number of carboxylic acid groups (broad SMARTS) is 1. The highest BCUT2D eigenvalue weighted by atomic mass is 16.5. The van der Waals surface area contributed by atoms with Crippen molar-refractivity contribution in [1.82, 2.24) is 4.90 Å². The normalized spacial score (nSPS) is 17.8. The molecule has 0 aromatic heterocycles. The predicted octanol–water partition coefficient (Wildman–Crippen LogP) is 1.37. The van der Waals surface area contributed by atoms with E-state index in [2.05, 4.69) is 20.8 Å². The summed E-state index contributed by atoms with van der Waals surface area (Å²) in [5, 5.41) is 8.41. The summed E-state index contributed by atoms with van der Waals surface area (Å²) in [7, 11) is 0. The van der Waals surface area contributed by atoms with Crippen LogP contribution in [0.2, 0.25) is 0 Å². The van der Waals surface area contributed by atoms with Crippen LogP contribution in [0.5, 0.6) is 0 Å². The van der Waals surface area contributed by atoms with Gasteiger partial charge in [0.2, 0.25) is 5.91 Å². The molecular formula is C13H23NO4. The van der Waals surface area contributed by atoms with Crippen LogP contribution in [0.25, 0.3) is 0 Å². The Labute approximate surface area is 108 Å². The third kappa shape index (κ3) is 4.64. The van der Waals surface area contributed by atoms with E-state index in [9.17, 15) is 9.59 Å². The Morgan fingerprint density at radius 3 is 2.22 bits per heavy atom. The molecule has 0 bridgehead atoms. The fourth-order valence-electron chi connectivity index (χ4n) is 2.31. The molecule has 1 rings (SSSR count). The number of hydrogen-bond acceptors (Lipinski definition) is 3. The Balaban J connectivity index is 2.30. The Morgan fingerprint density at radius 1 is 1.22 bits per heavy atom. The summed E-state index contributed by atoms with van der Waals surface area (Å²) in [6.45, 7) is 7.63. The summed E-state index contributed by atoms with van der Waals surface area (Å²) in [5.74, 6) is -0.515. The van der Waals surface area contributed by atoms with Crippen molar-refractivity contribution >= 4 is 11.9 Å². The Kier molecular flexibility index (Phi) is 5.14. The summed E-state index contributed by atoms with van der Waals surface area (Å²) < 4.78 is 4.81. The number of likely N-dealkylation sites (tertiary alicyclic amines) is 1. The van der Waals surface area contributed by atoms with Crippen molar-refractivity contribution in [3.63, 3.8) is 0 Å². The first-order valence-corrected chi connectivity index (χ1v) is 6.38. The smallest absolute Gasteiger partial charge is 0.329 e. The van der Waals surface area contributed by atoms with E-state index in [1.165, 1.54) is 0 Å². The molecule has 104 valence electrons. The lowest BCUT2D eigenvalue weighted by molar-refractivity contribution is -0.146. The molecule has 0 atom stereocenters. The number of rotatable bonds is 4. The predicted molar refractivity (Wildman–Crippen MR) is 67.2 cm³/mol. The van der Waals surface area contributed by atoms with Crippen molar-refractivity contribution in [2.24, 2.45) is 11.3 Å². The SMILES string of the molecule is CC(C)(C)C1CCN(C(=O)COCC(=O)O)CC1. The molecule has 5 heteroatoms. The van der Waals surface area contributed by atoms with Crippen LogP contribution in [0.4, 0.5) is 0 Å². The minimum absolute atomic E-state index is 0.108. The van der Waals surface area contributed by atoms with Gasteiger partial charge >= 0.3 is 5.97 Å². The standard InChI is InChI=1S/C13H23NO4/c1-13(2,3)10-4-6-14(7-5-10)11(15)8-18-9-12(16)17/h10H,4-9H2,1-3H3,(H,16,17). The second-order valence-electron chi connectivity index (χ2n) is 5.91. The summed E-state index contributed by atoms with van der Waals surface area (Å²) >= 11 is 0. The molecule has 0 spiro atoms. The molecule has 1 fully saturated rings. The Hall–Kier alpha value is -1.10. The molecule has 5 nitrogen and oxygen atoms in total. The van der Waals surface area contributed by atoms with Gasteiger partial charge in [0.1, 0.15) is 13.2 Å². The quantitative estimate of drug-likeness (QED) is 0.826. The van der Waals surface area contributed by atoms with E-state index in [1.54, 1.807) is 4.90 Å². The molecule has 1 heterocycles. The van der Waals surface area contributed by atoms with Crippen LogP contribution in [-0.4, -0.2) is 48.2 Å². The molecular weight excluding hydrogens is 234 g/mol. The first-order valence-electron chi connectivity index (χ1n) is 6.38. The van der Waals surface area contributed by atoms with Gasteiger partial charge in [-0.1, -0.05) is 20.8 Å². The van der Waals surface area contributed by atoms with Gasteiger partial charge in [0.05, 0.1) is 0 Å². The van der Waals surface area contributed by atoms with E-state index in [-0.39, 0.29) is 17.9 Å². The summed E-state index contributed by atoms with van der Waals surface area (Å²) in [6, 6.07) is 0. The van der Waals surface area contributed by atoms with Gasteiger partial charge in [-0.3, -0.25) is 4.79 Å². The number of amides is 1.